The maximum Gasteiger partial charge on any atom is 0.320 e. The smallest absolute Gasteiger partial charge is 0.320 e. The zero-order valence-corrected chi connectivity index (χ0v) is 15.8. The number of piperazine rings is 1. The molecule has 4 bridgehead atoms. The van der Waals surface area contributed by atoms with Crippen LogP contribution in [0.3, 0.4) is 0 Å². The first kappa shape index (κ1) is 17.2. The van der Waals surface area contributed by atoms with Crippen LogP contribution in [0.4, 0.5) is 5.69 Å². The monoisotopic (exact) mass is 373 g/mol. The highest BCUT2D eigenvalue weighted by atomic mass is 16.6. The van der Waals surface area contributed by atoms with Gasteiger partial charge < -0.3 is 4.90 Å². The van der Waals surface area contributed by atoms with Gasteiger partial charge in [0.15, 0.2) is 0 Å². The van der Waals surface area contributed by atoms with Gasteiger partial charge in [0, 0.05) is 38.8 Å². The minimum atomic E-state index is -0.522. The summed E-state index contributed by atoms with van der Waals surface area (Å²) in [6.45, 7) is 3.01. The van der Waals surface area contributed by atoms with E-state index >= 15 is 0 Å². The van der Waals surface area contributed by atoms with Gasteiger partial charge in [-0.1, -0.05) is 0 Å². The summed E-state index contributed by atoms with van der Waals surface area (Å²) in [6, 6.07) is 0. The van der Waals surface area contributed by atoms with Crippen LogP contribution in [0.1, 0.15) is 49.0 Å². The molecule has 0 spiro atoms. The molecule has 1 saturated heterocycles. The van der Waals surface area contributed by atoms with E-state index in [2.05, 4.69) is 10.00 Å². The number of rotatable bonds is 3. The Morgan fingerprint density at radius 2 is 1.67 bits per heavy atom. The largest absolute Gasteiger partial charge is 0.334 e. The maximum absolute atomic E-state index is 12.8. The van der Waals surface area contributed by atoms with E-state index < -0.39 is 4.92 Å². The van der Waals surface area contributed by atoms with E-state index in [-0.39, 0.29) is 17.3 Å². The number of nitro groups is 1. The van der Waals surface area contributed by atoms with Gasteiger partial charge >= 0.3 is 5.69 Å². The average molecular weight is 373 g/mol. The molecule has 146 valence electrons. The normalized spacial score (nSPS) is 35.6. The number of amides is 1. The third-order valence-corrected chi connectivity index (χ3v) is 7.45. The molecule has 0 unspecified atom stereocenters. The van der Waals surface area contributed by atoms with Gasteiger partial charge in [0.1, 0.15) is 6.20 Å². The first-order valence-electron chi connectivity index (χ1n) is 10.2. The second kappa shape index (κ2) is 6.02. The van der Waals surface area contributed by atoms with Gasteiger partial charge in [0.25, 0.3) is 5.91 Å². The van der Waals surface area contributed by atoms with E-state index in [1.165, 1.54) is 49.4 Å². The number of carbonyl (C=O) groups excluding carboxylic acids is 1. The van der Waals surface area contributed by atoms with Crippen LogP contribution in [-0.2, 0) is 7.05 Å². The summed E-state index contributed by atoms with van der Waals surface area (Å²) in [4.78, 5) is 27.9. The van der Waals surface area contributed by atoms with Crippen LogP contribution < -0.4 is 0 Å². The Labute approximate surface area is 158 Å². The second-order valence-electron chi connectivity index (χ2n) is 9.21. The van der Waals surface area contributed by atoms with Crippen LogP contribution in [-0.4, -0.2) is 62.1 Å². The lowest BCUT2D eigenvalue weighted by atomic mass is 9.52. The summed E-state index contributed by atoms with van der Waals surface area (Å²) in [5, 5.41) is 15.3. The number of aryl methyl sites for hydroxylation is 1. The molecule has 4 aliphatic carbocycles. The lowest BCUT2D eigenvalue weighted by molar-refractivity contribution is -0.385. The van der Waals surface area contributed by atoms with Crippen molar-refractivity contribution in [2.45, 2.75) is 44.1 Å². The molecule has 5 fully saturated rings. The molecule has 27 heavy (non-hydrogen) atoms. The van der Waals surface area contributed by atoms with E-state index in [1.807, 2.05) is 0 Å². The Bertz CT molecular complexity index is 745. The van der Waals surface area contributed by atoms with Gasteiger partial charge in [0.2, 0.25) is 5.69 Å². The van der Waals surface area contributed by atoms with Gasteiger partial charge in [-0.2, -0.15) is 5.10 Å². The fourth-order valence-electron chi connectivity index (χ4n) is 6.75. The van der Waals surface area contributed by atoms with Gasteiger partial charge in [0.05, 0.1) is 4.92 Å². The third-order valence-electron chi connectivity index (χ3n) is 7.45. The fourth-order valence-corrected chi connectivity index (χ4v) is 6.75. The summed E-state index contributed by atoms with van der Waals surface area (Å²) in [5.74, 6) is 2.42. The van der Waals surface area contributed by atoms with Crippen molar-refractivity contribution in [2.75, 3.05) is 26.2 Å². The predicted octanol–water partition coefficient (Wildman–Crippen LogP) is 2.05. The molecule has 5 aliphatic rings. The molecule has 8 heteroatoms. The topological polar surface area (TPSA) is 84.5 Å². The molecular formula is C19H27N5O3. The molecule has 1 aromatic rings. The van der Waals surface area contributed by atoms with Crippen LogP contribution in [0.15, 0.2) is 6.20 Å². The number of hydrogen-bond donors (Lipinski definition) is 0. The zero-order chi connectivity index (χ0) is 18.8. The summed E-state index contributed by atoms with van der Waals surface area (Å²) in [6.07, 6.45) is 9.60. The summed E-state index contributed by atoms with van der Waals surface area (Å²) in [5.41, 5.74) is 0.123. The molecule has 0 N–H and O–H groups in total. The van der Waals surface area contributed by atoms with Crippen molar-refractivity contribution >= 4 is 11.6 Å². The molecule has 1 amide bonds. The molecule has 2 heterocycles. The van der Waals surface area contributed by atoms with Gasteiger partial charge in [-0.15, -0.1) is 0 Å². The summed E-state index contributed by atoms with van der Waals surface area (Å²) >= 11 is 0. The Kier molecular flexibility index (Phi) is 3.83. The lowest BCUT2D eigenvalue weighted by Crippen LogP contribution is -2.64. The van der Waals surface area contributed by atoms with Crippen molar-refractivity contribution in [2.24, 2.45) is 24.8 Å². The van der Waals surface area contributed by atoms with Gasteiger partial charge in [-0.05, 0) is 56.3 Å². The van der Waals surface area contributed by atoms with Crippen molar-refractivity contribution in [3.8, 4) is 0 Å². The number of aromatic nitrogens is 2. The highest BCUT2D eigenvalue weighted by molar-refractivity contribution is 5.96. The zero-order valence-electron chi connectivity index (χ0n) is 15.8. The van der Waals surface area contributed by atoms with Crippen molar-refractivity contribution < 1.29 is 9.72 Å². The minimum absolute atomic E-state index is 0.0363. The van der Waals surface area contributed by atoms with Gasteiger partial charge in [-0.25, -0.2) is 0 Å². The molecule has 1 aromatic heterocycles. The maximum atomic E-state index is 12.8. The van der Waals surface area contributed by atoms with Crippen LogP contribution >= 0.6 is 0 Å². The predicted molar refractivity (Wildman–Crippen MR) is 98.2 cm³/mol. The van der Waals surface area contributed by atoms with E-state index in [9.17, 15) is 14.9 Å². The number of carbonyl (C=O) groups is 1. The second-order valence-corrected chi connectivity index (χ2v) is 9.21. The van der Waals surface area contributed by atoms with Crippen LogP contribution in [0.2, 0.25) is 0 Å². The molecule has 0 aromatic carbocycles. The quantitative estimate of drug-likeness (QED) is 0.598. The third kappa shape index (κ3) is 2.76. The van der Waals surface area contributed by atoms with Crippen molar-refractivity contribution in [3.05, 3.63) is 22.0 Å². The number of nitrogens with zero attached hydrogens (tertiary/aromatic N) is 5. The Balaban J connectivity index is 1.28. The first-order chi connectivity index (χ1) is 12.9. The Hall–Kier alpha value is -1.96. The molecular weight excluding hydrogens is 346 g/mol. The average Bonchev–Trinajstić information content (AvgIpc) is 3.02. The molecule has 4 saturated carbocycles. The number of hydrogen-bond acceptors (Lipinski definition) is 5. The van der Waals surface area contributed by atoms with E-state index in [0.717, 1.165) is 30.8 Å². The molecule has 6 rings (SSSR count). The van der Waals surface area contributed by atoms with Gasteiger partial charge in [-0.3, -0.25) is 24.5 Å². The molecule has 0 atom stereocenters. The molecule has 1 aliphatic heterocycles. The highest BCUT2D eigenvalue weighted by Crippen LogP contribution is 2.57. The Morgan fingerprint density at radius 3 is 2.19 bits per heavy atom. The van der Waals surface area contributed by atoms with Crippen LogP contribution in [0.5, 0.6) is 0 Å². The SMILES string of the molecule is Cn1cc([N+](=O)[O-])c(C(=O)N2CCN(C34CC5CC(CC(C5)C3)C4)CC2)n1. The van der Waals surface area contributed by atoms with E-state index in [4.69, 9.17) is 0 Å². The standard InChI is InChI=1S/C19H27N5O3/c1-21-12-16(24(26)27)17(20-21)18(25)22-2-4-23(5-3-22)19-9-13-6-14(10-19)8-15(7-13)11-19/h12-15H,2-11H2,1H3. The van der Waals surface area contributed by atoms with Crippen LogP contribution in [0.25, 0.3) is 0 Å². The first-order valence-corrected chi connectivity index (χ1v) is 10.2. The Morgan fingerprint density at radius 1 is 1.11 bits per heavy atom. The minimum Gasteiger partial charge on any atom is -0.334 e. The fraction of sp³-hybridized carbons (Fsp3) is 0.789. The van der Waals surface area contributed by atoms with Crippen molar-refractivity contribution in [1.82, 2.24) is 19.6 Å². The van der Waals surface area contributed by atoms with E-state index in [0.29, 0.717) is 18.6 Å². The summed E-state index contributed by atoms with van der Waals surface area (Å²) < 4.78 is 1.34. The highest BCUT2D eigenvalue weighted by Gasteiger charge is 2.53. The lowest BCUT2D eigenvalue weighted by Gasteiger charge is -2.61. The van der Waals surface area contributed by atoms with Crippen molar-refractivity contribution in [1.29, 1.82) is 0 Å². The van der Waals surface area contributed by atoms with Crippen molar-refractivity contribution in [3.63, 3.8) is 0 Å². The summed E-state index contributed by atoms with van der Waals surface area (Å²) in [7, 11) is 1.61. The van der Waals surface area contributed by atoms with Crippen LogP contribution in [0, 0.1) is 27.9 Å². The molecule has 0 radical (unpaired) electrons. The molecule has 8 nitrogen and oxygen atoms in total. The van der Waals surface area contributed by atoms with E-state index in [1.54, 1.807) is 11.9 Å².